The first-order valence-electron chi connectivity index (χ1n) is 14.8. The van der Waals surface area contributed by atoms with E-state index in [9.17, 15) is 19.2 Å². The van der Waals surface area contributed by atoms with Crippen LogP contribution < -0.4 is 21.3 Å². The lowest BCUT2D eigenvalue weighted by Crippen LogP contribution is -2.56. The molecule has 4 rings (SSSR count). The number of nitrogens with one attached hydrogen (secondary N) is 4. The SMILES string of the molecule is O=C(NC(CC(NC(=O)OCc1ccccc1)NC(=O)OCc1ccccc1)NC(=O)OCc1ccccc1)OCc1ccccc1. The Morgan fingerprint density at radius 3 is 0.809 bits per heavy atom. The minimum Gasteiger partial charge on any atom is -0.445 e. The highest BCUT2D eigenvalue weighted by atomic mass is 16.6. The summed E-state index contributed by atoms with van der Waals surface area (Å²) in [5, 5.41) is 10.2. The molecule has 0 aliphatic heterocycles. The van der Waals surface area contributed by atoms with Crippen molar-refractivity contribution in [3.05, 3.63) is 144 Å². The number of hydrogen-bond acceptors (Lipinski definition) is 8. The molecule has 0 radical (unpaired) electrons. The molecule has 4 N–H and O–H groups in total. The van der Waals surface area contributed by atoms with E-state index in [-0.39, 0.29) is 32.8 Å². The summed E-state index contributed by atoms with van der Waals surface area (Å²) in [6, 6.07) is 36.1. The van der Waals surface area contributed by atoms with E-state index >= 15 is 0 Å². The van der Waals surface area contributed by atoms with Gasteiger partial charge in [0.05, 0.1) is 0 Å². The number of benzene rings is 4. The van der Waals surface area contributed by atoms with Gasteiger partial charge in [0.25, 0.3) is 0 Å². The van der Waals surface area contributed by atoms with Crippen molar-refractivity contribution in [2.45, 2.75) is 45.2 Å². The molecular weight excluding hydrogens is 604 g/mol. The smallest absolute Gasteiger partial charge is 0.409 e. The van der Waals surface area contributed by atoms with Crippen molar-refractivity contribution in [2.75, 3.05) is 0 Å². The van der Waals surface area contributed by atoms with Gasteiger partial charge in [-0.05, 0) is 22.3 Å². The lowest BCUT2D eigenvalue weighted by molar-refractivity contribution is 0.112. The molecule has 0 bridgehead atoms. The summed E-state index contributed by atoms with van der Waals surface area (Å²) >= 11 is 0. The second-order valence-corrected chi connectivity index (χ2v) is 10.2. The van der Waals surface area contributed by atoms with E-state index in [2.05, 4.69) is 21.3 Å². The third kappa shape index (κ3) is 13.2. The minimum atomic E-state index is -1.18. The fraction of sp³-hybridized carbons (Fsp3) is 0.200. The van der Waals surface area contributed by atoms with Gasteiger partial charge in [-0.25, -0.2) is 19.2 Å². The lowest BCUT2D eigenvalue weighted by Gasteiger charge is -2.26. The molecule has 0 heterocycles. The van der Waals surface area contributed by atoms with Crippen LogP contribution in [0.4, 0.5) is 19.2 Å². The van der Waals surface area contributed by atoms with Crippen LogP contribution in [0.5, 0.6) is 0 Å². The molecule has 47 heavy (non-hydrogen) atoms. The van der Waals surface area contributed by atoms with E-state index in [0.29, 0.717) is 0 Å². The summed E-state index contributed by atoms with van der Waals surface area (Å²) in [5.74, 6) is 0. The summed E-state index contributed by atoms with van der Waals surface area (Å²) in [7, 11) is 0. The Bertz CT molecular complexity index is 1310. The van der Waals surface area contributed by atoms with E-state index in [1.54, 1.807) is 97.1 Å². The topological polar surface area (TPSA) is 153 Å². The Hall–Kier alpha value is -6.04. The van der Waals surface area contributed by atoms with Crippen molar-refractivity contribution in [1.82, 2.24) is 21.3 Å². The number of hydrogen-bond donors (Lipinski definition) is 4. The highest BCUT2D eigenvalue weighted by Crippen LogP contribution is 2.06. The van der Waals surface area contributed by atoms with Crippen molar-refractivity contribution in [1.29, 1.82) is 0 Å². The van der Waals surface area contributed by atoms with E-state index in [1.165, 1.54) is 0 Å². The zero-order valence-corrected chi connectivity index (χ0v) is 25.5. The normalized spacial score (nSPS) is 10.4. The first-order valence-corrected chi connectivity index (χ1v) is 14.8. The second kappa shape index (κ2) is 18.7. The summed E-state index contributed by atoms with van der Waals surface area (Å²) in [6.45, 7) is -0.129. The van der Waals surface area contributed by atoms with Crippen molar-refractivity contribution in [2.24, 2.45) is 0 Å². The maximum absolute atomic E-state index is 12.8. The van der Waals surface area contributed by atoms with Gasteiger partial charge in [-0.15, -0.1) is 0 Å². The van der Waals surface area contributed by atoms with Crippen LogP contribution in [-0.2, 0) is 45.4 Å². The molecule has 0 fully saturated rings. The van der Waals surface area contributed by atoms with Crippen LogP contribution in [0.3, 0.4) is 0 Å². The lowest BCUT2D eigenvalue weighted by atomic mass is 10.2. The predicted octanol–water partition coefficient (Wildman–Crippen LogP) is 5.73. The molecule has 12 nitrogen and oxygen atoms in total. The van der Waals surface area contributed by atoms with Gasteiger partial charge in [0.2, 0.25) is 0 Å². The largest absolute Gasteiger partial charge is 0.445 e. The maximum Gasteiger partial charge on any atom is 0.409 e. The van der Waals surface area contributed by atoms with Crippen LogP contribution in [0.15, 0.2) is 121 Å². The van der Waals surface area contributed by atoms with Gasteiger partial charge in [-0.1, -0.05) is 121 Å². The molecule has 4 aromatic carbocycles. The molecule has 0 spiro atoms. The van der Waals surface area contributed by atoms with Crippen LogP contribution in [-0.4, -0.2) is 36.7 Å². The van der Waals surface area contributed by atoms with E-state index in [0.717, 1.165) is 22.3 Å². The zero-order chi connectivity index (χ0) is 33.1. The molecule has 244 valence electrons. The average molecular weight is 641 g/mol. The molecule has 0 unspecified atom stereocenters. The van der Waals surface area contributed by atoms with Crippen LogP contribution in [0.1, 0.15) is 28.7 Å². The van der Waals surface area contributed by atoms with E-state index in [4.69, 9.17) is 18.9 Å². The van der Waals surface area contributed by atoms with Crippen LogP contribution in [0.2, 0.25) is 0 Å². The first kappa shape index (κ1) is 33.8. The maximum atomic E-state index is 12.8. The van der Waals surface area contributed by atoms with Gasteiger partial charge in [-0.3, -0.25) is 0 Å². The van der Waals surface area contributed by atoms with Gasteiger partial charge in [0.15, 0.2) is 0 Å². The fourth-order valence-electron chi connectivity index (χ4n) is 4.17. The molecule has 0 saturated carbocycles. The quantitative estimate of drug-likeness (QED) is 0.101. The molecule has 4 aromatic rings. The Balaban J connectivity index is 1.43. The standard InChI is InChI=1S/C35H36N4O8/c40-32(44-22-26-13-5-1-6-14-26)36-30(37-33(41)45-23-27-15-7-2-8-16-27)21-31(38-34(42)46-24-28-17-9-3-10-18-28)39-35(43)47-25-29-19-11-4-12-20-29/h1-20,30-31H,21-25H2,(H,36,40)(H,37,41)(H,38,42)(H,39,43). The Labute approximate surface area is 272 Å². The highest BCUT2D eigenvalue weighted by molar-refractivity contribution is 5.72. The molecule has 0 aromatic heterocycles. The third-order valence-corrected chi connectivity index (χ3v) is 6.49. The van der Waals surface area contributed by atoms with Gasteiger partial charge in [0.1, 0.15) is 38.8 Å². The monoisotopic (exact) mass is 640 g/mol. The number of carbonyl (C=O) groups excluding carboxylic acids is 4. The average Bonchev–Trinajstić information content (AvgIpc) is 3.10. The molecule has 0 saturated heterocycles. The summed E-state index contributed by atoms with van der Waals surface area (Å²) < 4.78 is 21.3. The summed E-state index contributed by atoms with van der Waals surface area (Å²) in [5.41, 5.74) is 2.99. The van der Waals surface area contributed by atoms with E-state index < -0.39 is 36.7 Å². The predicted molar refractivity (Wildman–Crippen MR) is 171 cm³/mol. The molecule has 0 atom stereocenters. The number of ether oxygens (including phenoxy) is 4. The van der Waals surface area contributed by atoms with Gasteiger partial charge in [0, 0.05) is 6.42 Å². The molecule has 12 heteroatoms. The molecular formula is C35H36N4O8. The third-order valence-electron chi connectivity index (χ3n) is 6.49. The van der Waals surface area contributed by atoms with Crippen molar-refractivity contribution >= 4 is 24.4 Å². The number of rotatable bonds is 14. The number of alkyl carbamates (subject to hydrolysis) is 4. The molecule has 0 aliphatic rings. The number of carbonyl (C=O) groups is 4. The van der Waals surface area contributed by atoms with E-state index in [1.807, 2.05) is 24.3 Å². The zero-order valence-electron chi connectivity index (χ0n) is 25.5. The highest BCUT2D eigenvalue weighted by Gasteiger charge is 2.25. The fourth-order valence-corrected chi connectivity index (χ4v) is 4.17. The van der Waals surface area contributed by atoms with Gasteiger partial charge < -0.3 is 40.2 Å². The first-order chi connectivity index (χ1) is 22.9. The molecule has 4 amide bonds. The molecule has 0 aliphatic carbocycles. The van der Waals surface area contributed by atoms with Crippen LogP contribution in [0.25, 0.3) is 0 Å². The van der Waals surface area contributed by atoms with Crippen LogP contribution >= 0.6 is 0 Å². The summed E-state index contributed by atoms with van der Waals surface area (Å²) in [4.78, 5) is 51.1. The van der Waals surface area contributed by atoms with Crippen molar-refractivity contribution in [3.63, 3.8) is 0 Å². The van der Waals surface area contributed by atoms with Crippen molar-refractivity contribution < 1.29 is 38.1 Å². The number of amides is 4. The summed E-state index contributed by atoms with van der Waals surface area (Å²) in [6.07, 6.45) is -6.07. The Morgan fingerprint density at radius 1 is 0.383 bits per heavy atom. The second-order valence-electron chi connectivity index (χ2n) is 10.2. The minimum absolute atomic E-state index is 0.0323. The van der Waals surface area contributed by atoms with Crippen molar-refractivity contribution in [3.8, 4) is 0 Å². The van der Waals surface area contributed by atoms with Crippen LogP contribution in [0, 0.1) is 0 Å². The van der Waals surface area contributed by atoms with Gasteiger partial charge >= 0.3 is 24.4 Å². The Morgan fingerprint density at radius 2 is 0.596 bits per heavy atom. The Kier molecular flexibility index (Phi) is 13.5. The van der Waals surface area contributed by atoms with Gasteiger partial charge in [-0.2, -0.15) is 0 Å².